The standard InChI is InChI=1S/C9H14FN/c1-4-5-6-8(10)9(11)7(2)3/h4-7H,1,11H2,2-3H3/b6-5-,9-8+. The number of nitrogens with two attached hydrogens (primary N) is 1. The summed E-state index contributed by atoms with van der Waals surface area (Å²) in [6, 6.07) is 0. The van der Waals surface area contributed by atoms with Crippen LogP contribution in [0.3, 0.4) is 0 Å². The fourth-order valence-corrected chi connectivity index (χ4v) is 0.525. The Morgan fingerprint density at radius 1 is 1.55 bits per heavy atom. The largest absolute Gasteiger partial charge is 0.399 e. The monoisotopic (exact) mass is 155 g/mol. The Kier molecular flexibility index (Phi) is 4.27. The molecule has 62 valence electrons. The molecule has 2 N–H and O–H groups in total. The molecule has 0 unspecified atom stereocenters. The first-order chi connectivity index (χ1) is 5.09. The Morgan fingerprint density at radius 3 is 2.45 bits per heavy atom. The van der Waals surface area contributed by atoms with Crippen molar-refractivity contribution in [3.05, 3.63) is 36.3 Å². The molecule has 0 spiro atoms. The first-order valence-corrected chi connectivity index (χ1v) is 3.53. The SMILES string of the molecule is C=C/C=C\C(F)=C(/N)C(C)C. The van der Waals surface area contributed by atoms with E-state index in [4.69, 9.17) is 5.73 Å². The minimum Gasteiger partial charge on any atom is -0.399 e. The minimum absolute atomic E-state index is 0.0458. The van der Waals surface area contributed by atoms with Crippen LogP contribution in [0.25, 0.3) is 0 Å². The highest BCUT2D eigenvalue weighted by Gasteiger charge is 2.02. The van der Waals surface area contributed by atoms with Crippen molar-refractivity contribution in [2.45, 2.75) is 13.8 Å². The third-order valence-electron chi connectivity index (χ3n) is 1.28. The smallest absolute Gasteiger partial charge is 0.142 e. The average Bonchev–Trinajstić information content (AvgIpc) is 1.98. The lowest BCUT2D eigenvalue weighted by molar-refractivity contribution is 0.614. The van der Waals surface area contributed by atoms with Crippen LogP contribution in [-0.2, 0) is 0 Å². The lowest BCUT2D eigenvalue weighted by atomic mass is 10.1. The Hall–Kier alpha value is -1.05. The van der Waals surface area contributed by atoms with E-state index in [2.05, 4.69) is 6.58 Å². The molecule has 0 heterocycles. The van der Waals surface area contributed by atoms with Gasteiger partial charge in [0, 0.05) is 5.70 Å². The molecular weight excluding hydrogens is 141 g/mol. The van der Waals surface area contributed by atoms with Crippen molar-refractivity contribution in [2.24, 2.45) is 11.7 Å². The van der Waals surface area contributed by atoms with Gasteiger partial charge < -0.3 is 5.73 Å². The van der Waals surface area contributed by atoms with Gasteiger partial charge in [0.25, 0.3) is 0 Å². The number of allylic oxidation sites excluding steroid dienone is 5. The van der Waals surface area contributed by atoms with Crippen LogP contribution in [0.5, 0.6) is 0 Å². The molecule has 0 rings (SSSR count). The number of hydrogen-bond donors (Lipinski definition) is 1. The van der Waals surface area contributed by atoms with Gasteiger partial charge in [-0.3, -0.25) is 0 Å². The maximum absolute atomic E-state index is 12.9. The Bertz CT molecular complexity index is 190. The number of hydrogen-bond acceptors (Lipinski definition) is 1. The van der Waals surface area contributed by atoms with Crippen LogP contribution in [-0.4, -0.2) is 0 Å². The van der Waals surface area contributed by atoms with E-state index in [1.54, 1.807) is 0 Å². The zero-order chi connectivity index (χ0) is 8.85. The van der Waals surface area contributed by atoms with Crippen molar-refractivity contribution >= 4 is 0 Å². The summed E-state index contributed by atoms with van der Waals surface area (Å²) in [5.41, 5.74) is 5.70. The molecule has 0 aliphatic heterocycles. The lowest BCUT2D eigenvalue weighted by Crippen LogP contribution is -2.06. The molecule has 0 bridgehead atoms. The second-order valence-electron chi connectivity index (χ2n) is 2.55. The fourth-order valence-electron chi connectivity index (χ4n) is 0.525. The molecule has 0 amide bonds. The zero-order valence-electron chi connectivity index (χ0n) is 6.97. The van der Waals surface area contributed by atoms with Crippen molar-refractivity contribution in [3.8, 4) is 0 Å². The Morgan fingerprint density at radius 2 is 2.09 bits per heavy atom. The van der Waals surface area contributed by atoms with Crippen LogP contribution in [0.1, 0.15) is 13.8 Å². The highest BCUT2D eigenvalue weighted by atomic mass is 19.1. The summed E-state index contributed by atoms with van der Waals surface area (Å²) < 4.78 is 12.9. The van der Waals surface area contributed by atoms with Gasteiger partial charge in [-0.2, -0.15) is 0 Å². The molecule has 0 fully saturated rings. The van der Waals surface area contributed by atoms with Gasteiger partial charge >= 0.3 is 0 Å². The minimum atomic E-state index is -0.375. The Labute approximate surface area is 67.1 Å². The summed E-state index contributed by atoms with van der Waals surface area (Å²) in [5, 5.41) is 0. The van der Waals surface area contributed by atoms with Gasteiger partial charge in [0.15, 0.2) is 0 Å². The molecule has 0 atom stereocenters. The van der Waals surface area contributed by atoms with Crippen LogP contribution in [0.2, 0.25) is 0 Å². The van der Waals surface area contributed by atoms with E-state index < -0.39 is 0 Å². The molecule has 1 nitrogen and oxygen atoms in total. The number of rotatable bonds is 3. The van der Waals surface area contributed by atoms with Crippen molar-refractivity contribution < 1.29 is 4.39 Å². The third kappa shape index (κ3) is 3.61. The average molecular weight is 155 g/mol. The van der Waals surface area contributed by atoms with Gasteiger partial charge in [0.2, 0.25) is 0 Å². The maximum Gasteiger partial charge on any atom is 0.142 e. The quantitative estimate of drug-likeness (QED) is 0.623. The summed E-state index contributed by atoms with van der Waals surface area (Å²) in [6.45, 7) is 7.11. The van der Waals surface area contributed by atoms with E-state index in [-0.39, 0.29) is 17.4 Å². The highest BCUT2D eigenvalue weighted by Crippen LogP contribution is 2.11. The fraction of sp³-hybridized carbons (Fsp3) is 0.333. The first kappa shape index (κ1) is 9.95. The summed E-state index contributed by atoms with van der Waals surface area (Å²) in [6.07, 6.45) is 4.33. The van der Waals surface area contributed by atoms with E-state index in [1.807, 2.05) is 13.8 Å². The predicted octanol–water partition coefficient (Wildman–Crippen LogP) is 2.52. The second kappa shape index (κ2) is 4.72. The predicted molar refractivity (Wildman–Crippen MR) is 46.5 cm³/mol. The zero-order valence-corrected chi connectivity index (χ0v) is 6.97. The molecule has 0 aliphatic carbocycles. The summed E-state index contributed by atoms with van der Waals surface area (Å²) in [7, 11) is 0. The van der Waals surface area contributed by atoms with Crippen LogP contribution < -0.4 is 5.73 Å². The van der Waals surface area contributed by atoms with Crippen LogP contribution in [0.4, 0.5) is 4.39 Å². The highest BCUT2D eigenvalue weighted by molar-refractivity contribution is 5.20. The van der Waals surface area contributed by atoms with E-state index in [1.165, 1.54) is 18.2 Å². The topological polar surface area (TPSA) is 26.0 Å². The van der Waals surface area contributed by atoms with E-state index >= 15 is 0 Å². The van der Waals surface area contributed by atoms with E-state index in [0.29, 0.717) is 0 Å². The van der Waals surface area contributed by atoms with Gasteiger partial charge in [-0.1, -0.05) is 32.6 Å². The summed E-state index contributed by atoms with van der Waals surface area (Å²) >= 11 is 0. The molecular formula is C9H14FN. The van der Waals surface area contributed by atoms with Crippen molar-refractivity contribution in [1.82, 2.24) is 0 Å². The van der Waals surface area contributed by atoms with Crippen LogP contribution in [0, 0.1) is 5.92 Å². The van der Waals surface area contributed by atoms with Crippen molar-refractivity contribution in [1.29, 1.82) is 0 Å². The van der Waals surface area contributed by atoms with E-state index in [9.17, 15) is 4.39 Å². The summed E-state index contributed by atoms with van der Waals surface area (Å²) in [5.74, 6) is -0.329. The molecule has 2 heteroatoms. The first-order valence-electron chi connectivity index (χ1n) is 3.53. The normalized spacial score (nSPS) is 13.8. The van der Waals surface area contributed by atoms with Crippen LogP contribution in [0.15, 0.2) is 36.3 Å². The van der Waals surface area contributed by atoms with Gasteiger partial charge in [-0.15, -0.1) is 0 Å². The van der Waals surface area contributed by atoms with Gasteiger partial charge in [-0.05, 0) is 12.0 Å². The van der Waals surface area contributed by atoms with Crippen LogP contribution >= 0.6 is 0 Å². The third-order valence-corrected chi connectivity index (χ3v) is 1.28. The molecule has 0 saturated carbocycles. The molecule has 0 radical (unpaired) electrons. The van der Waals surface area contributed by atoms with Crippen molar-refractivity contribution in [3.63, 3.8) is 0 Å². The molecule has 0 aromatic rings. The molecule has 0 aliphatic rings. The molecule has 0 aromatic heterocycles. The van der Waals surface area contributed by atoms with Gasteiger partial charge in [-0.25, -0.2) is 4.39 Å². The summed E-state index contributed by atoms with van der Waals surface area (Å²) in [4.78, 5) is 0. The van der Waals surface area contributed by atoms with Gasteiger partial charge in [0.05, 0.1) is 0 Å². The second-order valence-corrected chi connectivity index (χ2v) is 2.55. The molecule has 0 saturated heterocycles. The molecule has 11 heavy (non-hydrogen) atoms. The number of halogens is 1. The van der Waals surface area contributed by atoms with Crippen molar-refractivity contribution in [2.75, 3.05) is 0 Å². The maximum atomic E-state index is 12.9. The lowest BCUT2D eigenvalue weighted by Gasteiger charge is -2.03. The Balaban J connectivity index is 4.39. The molecule has 0 aromatic carbocycles. The van der Waals surface area contributed by atoms with E-state index in [0.717, 1.165) is 0 Å². The van der Waals surface area contributed by atoms with Gasteiger partial charge in [0.1, 0.15) is 5.83 Å².